The Balaban J connectivity index is 1.20. The summed E-state index contributed by atoms with van der Waals surface area (Å²) < 4.78 is 20.4. The van der Waals surface area contributed by atoms with Crippen LogP contribution in [0.2, 0.25) is 0 Å². The number of methoxy groups -OCH3 is 1. The van der Waals surface area contributed by atoms with E-state index in [0.29, 0.717) is 42.8 Å². The number of aromatic nitrogens is 1. The molecular formula is C33H35FN4O3. The zero-order valence-electron chi connectivity index (χ0n) is 23.4. The molecule has 2 atom stereocenters. The molecular weight excluding hydrogens is 519 g/mol. The van der Waals surface area contributed by atoms with Crippen molar-refractivity contribution in [3.8, 4) is 5.75 Å². The van der Waals surface area contributed by atoms with Gasteiger partial charge in [0.2, 0.25) is 5.91 Å². The lowest BCUT2D eigenvalue weighted by Gasteiger charge is -2.40. The summed E-state index contributed by atoms with van der Waals surface area (Å²) in [7, 11) is 1.53. The Morgan fingerprint density at radius 3 is 2.63 bits per heavy atom. The second-order valence-corrected chi connectivity index (χ2v) is 11.2. The highest BCUT2D eigenvalue weighted by Crippen LogP contribution is 2.32. The third kappa shape index (κ3) is 5.66. The van der Waals surface area contributed by atoms with Gasteiger partial charge in [-0.15, -0.1) is 0 Å². The number of carbonyl (C=O) groups excluding carboxylic acids is 2. The van der Waals surface area contributed by atoms with Gasteiger partial charge in [0.25, 0.3) is 0 Å². The van der Waals surface area contributed by atoms with Gasteiger partial charge in [0.15, 0.2) is 5.78 Å². The number of benzene rings is 2. The van der Waals surface area contributed by atoms with Crippen molar-refractivity contribution in [2.45, 2.75) is 51.2 Å². The molecule has 2 aromatic carbocycles. The maximum Gasteiger partial charge on any atom is 0.239 e. The van der Waals surface area contributed by atoms with Crippen molar-refractivity contribution >= 4 is 17.4 Å². The fourth-order valence-corrected chi connectivity index (χ4v) is 6.48. The minimum Gasteiger partial charge on any atom is -0.496 e. The first kappa shape index (κ1) is 27.3. The van der Waals surface area contributed by atoms with Crippen LogP contribution in [0.5, 0.6) is 5.75 Å². The summed E-state index contributed by atoms with van der Waals surface area (Å²) in [5, 5.41) is 0. The highest BCUT2D eigenvalue weighted by molar-refractivity contribution is 6.16. The van der Waals surface area contributed by atoms with Crippen molar-refractivity contribution in [2.75, 3.05) is 26.7 Å². The third-order valence-corrected chi connectivity index (χ3v) is 8.66. The van der Waals surface area contributed by atoms with Crippen molar-refractivity contribution in [1.82, 2.24) is 14.8 Å². The molecule has 3 aliphatic heterocycles. The van der Waals surface area contributed by atoms with Crippen molar-refractivity contribution in [2.24, 2.45) is 10.9 Å². The second kappa shape index (κ2) is 11.9. The van der Waals surface area contributed by atoms with E-state index >= 15 is 0 Å². The van der Waals surface area contributed by atoms with Gasteiger partial charge in [0.05, 0.1) is 25.4 Å². The molecule has 3 aliphatic rings. The van der Waals surface area contributed by atoms with Crippen molar-refractivity contribution in [3.05, 3.63) is 94.6 Å². The molecule has 0 aliphatic carbocycles. The standard InChI is InChI=1S/C33H35FN4O3/c1-41-31-6-4-5-28(34)27(31)21-38-20-22(7-10-29(38)33(40)37-15-2-3-16-37)17-30(39)24-8-9-25-19-36-32(26(25)18-24)23-11-13-35-14-12-23/h4-6,8-9,11-14,18,22,29H,2-3,7,10,15-17,19-21H2,1H3/t22-,29-/m0/s1. The minimum atomic E-state index is -0.347. The van der Waals surface area contributed by atoms with Crippen molar-refractivity contribution < 1.29 is 18.7 Å². The Morgan fingerprint density at radius 2 is 1.85 bits per heavy atom. The lowest BCUT2D eigenvalue weighted by Crippen LogP contribution is -2.52. The van der Waals surface area contributed by atoms with Crippen LogP contribution in [0.4, 0.5) is 4.39 Å². The lowest BCUT2D eigenvalue weighted by molar-refractivity contribution is -0.138. The second-order valence-electron chi connectivity index (χ2n) is 11.2. The Kier molecular flexibility index (Phi) is 7.92. The average molecular weight is 555 g/mol. The first-order valence-electron chi connectivity index (χ1n) is 14.5. The lowest BCUT2D eigenvalue weighted by atomic mass is 9.86. The zero-order chi connectivity index (χ0) is 28.3. The maximum absolute atomic E-state index is 14.9. The number of Topliss-reactive ketones (excluding diaryl/α,β-unsaturated/α-hetero) is 1. The number of ketones is 1. The van der Waals surface area contributed by atoms with Gasteiger partial charge in [-0.1, -0.05) is 18.2 Å². The van der Waals surface area contributed by atoms with Crippen LogP contribution >= 0.6 is 0 Å². The van der Waals surface area contributed by atoms with Crippen LogP contribution in [0.3, 0.4) is 0 Å². The van der Waals surface area contributed by atoms with Crippen LogP contribution in [0.25, 0.3) is 0 Å². The van der Waals surface area contributed by atoms with E-state index in [1.165, 1.54) is 13.2 Å². The number of amides is 1. The Labute approximate surface area is 240 Å². The highest BCUT2D eigenvalue weighted by Gasteiger charge is 2.37. The smallest absolute Gasteiger partial charge is 0.239 e. The summed E-state index contributed by atoms with van der Waals surface area (Å²) in [6, 6.07) is 14.2. The third-order valence-electron chi connectivity index (χ3n) is 8.66. The Bertz CT molecular complexity index is 1470. The van der Waals surface area contributed by atoms with Gasteiger partial charge in [0, 0.05) is 67.2 Å². The van der Waals surface area contributed by atoms with Crippen LogP contribution in [0.1, 0.15) is 64.7 Å². The summed E-state index contributed by atoms with van der Waals surface area (Å²) in [6.07, 6.45) is 7.32. The topological polar surface area (TPSA) is 75.1 Å². The molecule has 41 heavy (non-hydrogen) atoms. The number of aliphatic imine (C=N–C) groups is 1. The van der Waals surface area contributed by atoms with E-state index in [0.717, 1.165) is 54.8 Å². The SMILES string of the molecule is COc1cccc(F)c1CN1C[C@H](CC(=O)c2ccc3c(c2)C(c2ccncc2)=NC3)CC[C@H]1C(=O)N1CCCC1. The van der Waals surface area contributed by atoms with Gasteiger partial charge in [-0.05, 0) is 67.5 Å². The quantitative estimate of drug-likeness (QED) is 0.364. The Hall–Kier alpha value is -3.91. The van der Waals surface area contributed by atoms with Crippen LogP contribution < -0.4 is 4.74 Å². The summed E-state index contributed by atoms with van der Waals surface area (Å²) in [5.74, 6) is 0.375. The first-order chi connectivity index (χ1) is 20.0. The van der Waals surface area contributed by atoms with E-state index in [1.807, 2.05) is 35.2 Å². The molecule has 212 valence electrons. The predicted molar refractivity (Wildman–Crippen MR) is 155 cm³/mol. The van der Waals surface area contributed by atoms with Gasteiger partial charge in [-0.3, -0.25) is 24.5 Å². The van der Waals surface area contributed by atoms with Gasteiger partial charge < -0.3 is 9.64 Å². The molecule has 3 aromatic rings. The zero-order valence-corrected chi connectivity index (χ0v) is 23.4. The average Bonchev–Trinajstić information content (AvgIpc) is 3.69. The fourth-order valence-electron chi connectivity index (χ4n) is 6.48. The number of pyridine rings is 1. The number of piperidine rings is 1. The van der Waals surface area contributed by atoms with Crippen LogP contribution in [0.15, 0.2) is 65.9 Å². The number of rotatable bonds is 8. The summed E-state index contributed by atoms with van der Waals surface area (Å²) in [6.45, 7) is 2.96. The normalized spacial score (nSPS) is 20.5. The van der Waals surface area contributed by atoms with E-state index in [2.05, 4.69) is 9.88 Å². The fraction of sp³-hybridized carbons (Fsp3) is 0.394. The predicted octanol–water partition coefficient (Wildman–Crippen LogP) is 5.06. The van der Waals surface area contributed by atoms with Crippen LogP contribution in [0, 0.1) is 11.7 Å². The molecule has 1 amide bonds. The van der Waals surface area contributed by atoms with E-state index < -0.39 is 0 Å². The number of nitrogens with zero attached hydrogens (tertiary/aromatic N) is 4. The first-order valence-corrected chi connectivity index (χ1v) is 14.5. The van der Waals surface area contributed by atoms with Crippen LogP contribution in [-0.2, 0) is 17.9 Å². The highest BCUT2D eigenvalue weighted by atomic mass is 19.1. The number of fused-ring (bicyclic) bond motifs is 1. The number of ether oxygens (including phenoxy) is 1. The number of likely N-dealkylation sites (tertiary alicyclic amines) is 2. The van der Waals surface area contributed by atoms with Crippen LogP contribution in [-0.4, -0.2) is 65.0 Å². The number of carbonyl (C=O) groups is 2. The minimum absolute atomic E-state index is 0.0597. The monoisotopic (exact) mass is 554 g/mol. The molecule has 0 unspecified atom stereocenters. The molecule has 1 aromatic heterocycles. The molecule has 2 saturated heterocycles. The van der Waals surface area contributed by atoms with Gasteiger partial charge in [-0.2, -0.15) is 0 Å². The molecule has 8 heteroatoms. The molecule has 2 fully saturated rings. The Morgan fingerprint density at radius 1 is 1.05 bits per heavy atom. The number of halogens is 1. The molecule has 7 nitrogen and oxygen atoms in total. The van der Waals surface area contributed by atoms with E-state index in [-0.39, 0.29) is 36.0 Å². The van der Waals surface area contributed by atoms with Crippen molar-refractivity contribution in [1.29, 1.82) is 0 Å². The summed E-state index contributed by atoms with van der Waals surface area (Å²) in [4.78, 5) is 39.9. The maximum atomic E-state index is 14.9. The largest absolute Gasteiger partial charge is 0.496 e. The van der Waals surface area contributed by atoms with E-state index in [4.69, 9.17) is 9.73 Å². The molecule has 0 N–H and O–H groups in total. The summed E-state index contributed by atoms with van der Waals surface area (Å²) >= 11 is 0. The van der Waals surface area contributed by atoms with Gasteiger partial charge in [0.1, 0.15) is 11.6 Å². The molecule has 4 heterocycles. The molecule has 0 saturated carbocycles. The van der Waals surface area contributed by atoms with Crippen molar-refractivity contribution in [3.63, 3.8) is 0 Å². The van der Waals surface area contributed by atoms with Gasteiger partial charge in [-0.25, -0.2) is 4.39 Å². The number of hydrogen-bond acceptors (Lipinski definition) is 6. The van der Waals surface area contributed by atoms with E-state index in [1.54, 1.807) is 24.5 Å². The summed E-state index contributed by atoms with van der Waals surface area (Å²) in [5.41, 5.74) is 5.11. The molecule has 6 rings (SSSR count). The molecule has 0 radical (unpaired) electrons. The van der Waals surface area contributed by atoms with E-state index in [9.17, 15) is 14.0 Å². The van der Waals surface area contributed by atoms with Gasteiger partial charge >= 0.3 is 0 Å². The number of hydrogen-bond donors (Lipinski definition) is 0. The molecule has 0 bridgehead atoms. The molecule has 0 spiro atoms.